The zero-order valence-electron chi connectivity index (χ0n) is 41.7. The second-order valence-electron chi connectivity index (χ2n) is 19.1. The van der Waals surface area contributed by atoms with Crippen molar-refractivity contribution in [3.05, 3.63) is 48.0 Å². The van der Waals surface area contributed by atoms with Crippen molar-refractivity contribution >= 4 is 70.2 Å². The highest BCUT2D eigenvalue weighted by molar-refractivity contribution is 5.90. The maximum Gasteiger partial charge on any atom is 0.326 e. The average molecular weight is 1040 g/mol. The highest BCUT2D eigenvalue weighted by Gasteiger charge is 2.31. The lowest BCUT2D eigenvalue weighted by Crippen LogP contribution is -2.51. The zero-order valence-corrected chi connectivity index (χ0v) is 41.7. The van der Waals surface area contributed by atoms with E-state index in [1.165, 1.54) is 0 Å². The van der Waals surface area contributed by atoms with Crippen LogP contribution in [0.3, 0.4) is 0 Å². The molecule has 24 nitrogen and oxygen atoms in total. The van der Waals surface area contributed by atoms with Crippen molar-refractivity contribution in [2.75, 3.05) is 85.1 Å². The maximum atomic E-state index is 13.8. The van der Waals surface area contributed by atoms with Crippen LogP contribution in [0.4, 0.5) is 4.79 Å². The molecule has 0 bridgehead atoms. The molecular formula is C50H72N8O16. The summed E-state index contributed by atoms with van der Waals surface area (Å²) in [6, 6.07) is 8.50. The number of Topliss-reactive ketones (excluding diaryl/α,β-unsaturated/α-hetero) is 1. The molecule has 1 saturated heterocycles. The number of amides is 4. The zero-order chi connectivity index (χ0) is 54.2. The van der Waals surface area contributed by atoms with Gasteiger partial charge < -0.3 is 51.9 Å². The molecule has 74 heavy (non-hydrogen) atoms. The number of ketones is 1. The summed E-state index contributed by atoms with van der Waals surface area (Å²) in [6.45, 7) is 1.73. The molecule has 408 valence electrons. The smallest absolute Gasteiger partial charge is 0.326 e. The third-order valence-electron chi connectivity index (χ3n) is 13.4. The first-order valence-corrected chi connectivity index (χ1v) is 25.1. The third-order valence-corrected chi connectivity index (χ3v) is 13.4. The molecule has 1 saturated carbocycles. The summed E-state index contributed by atoms with van der Waals surface area (Å²) in [5.74, 6) is -8.20. The number of rotatable bonds is 28. The summed E-state index contributed by atoms with van der Waals surface area (Å²) in [5.41, 5.74) is 0.812. The number of benzene rings is 2. The van der Waals surface area contributed by atoms with E-state index < -0.39 is 78.7 Å². The largest absolute Gasteiger partial charge is 0.481 e. The molecule has 4 rings (SSSR count). The van der Waals surface area contributed by atoms with Crippen molar-refractivity contribution in [2.45, 2.75) is 95.2 Å². The number of hydrogen-bond acceptors (Lipinski definition) is 14. The van der Waals surface area contributed by atoms with Gasteiger partial charge in [-0.2, -0.15) is 0 Å². The number of urea groups is 1. The Hall–Kier alpha value is -6.76. The molecule has 1 aliphatic heterocycles. The van der Waals surface area contributed by atoms with Crippen molar-refractivity contribution in [3.8, 4) is 0 Å². The highest BCUT2D eigenvalue weighted by Crippen LogP contribution is 2.32. The molecule has 0 spiro atoms. The summed E-state index contributed by atoms with van der Waals surface area (Å²) in [5, 5.41) is 68.4. The predicted octanol–water partition coefficient (Wildman–Crippen LogP) is 0.855. The predicted molar refractivity (Wildman–Crippen MR) is 266 cm³/mol. The van der Waals surface area contributed by atoms with Crippen LogP contribution in [0.2, 0.25) is 0 Å². The van der Waals surface area contributed by atoms with E-state index in [0.29, 0.717) is 64.7 Å². The SMILES string of the molecule is O=C(O)CC[C@H](NC(=O)N[C@@H](CCCCNC(=O)C(Cc1ccc2ccccc2c1)NC(=O)C1CCC(CCC(=O)CN2CCN(CC(=O)O)CCN(CC(=O)O)CCN(CC(=O)O)CC2)CC1)C(=O)O)C(=O)O. The lowest BCUT2D eigenvalue weighted by molar-refractivity contribution is -0.141. The maximum absolute atomic E-state index is 13.8. The Morgan fingerprint density at radius 2 is 1.03 bits per heavy atom. The molecule has 10 N–H and O–H groups in total. The summed E-state index contributed by atoms with van der Waals surface area (Å²) in [7, 11) is 0. The van der Waals surface area contributed by atoms with Gasteiger partial charge in [0.2, 0.25) is 11.8 Å². The number of unbranched alkanes of at least 4 members (excludes halogenated alkanes) is 1. The minimum atomic E-state index is -1.55. The Labute approximate surface area is 428 Å². The molecule has 4 amide bonds. The second-order valence-corrected chi connectivity index (χ2v) is 19.1. The number of nitrogens with zero attached hydrogens (tertiary/aromatic N) is 4. The molecule has 1 unspecified atom stereocenters. The normalized spacial score (nSPS) is 18.8. The number of nitrogens with one attached hydrogen (secondary N) is 4. The van der Waals surface area contributed by atoms with Gasteiger partial charge in [-0.3, -0.25) is 53.2 Å². The van der Waals surface area contributed by atoms with Gasteiger partial charge in [0.25, 0.3) is 0 Å². The van der Waals surface area contributed by atoms with E-state index >= 15 is 0 Å². The fourth-order valence-corrected chi connectivity index (χ4v) is 9.24. The number of aliphatic carboxylic acids is 6. The van der Waals surface area contributed by atoms with Crippen LogP contribution in [0.1, 0.15) is 76.2 Å². The van der Waals surface area contributed by atoms with Crippen LogP contribution in [-0.4, -0.2) is 213 Å². The van der Waals surface area contributed by atoms with Gasteiger partial charge in [0.05, 0.1) is 26.2 Å². The average Bonchev–Trinajstić information content (AvgIpc) is 3.34. The summed E-state index contributed by atoms with van der Waals surface area (Å²) in [4.78, 5) is 130. The molecule has 2 aliphatic rings. The van der Waals surface area contributed by atoms with E-state index in [1.54, 1.807) is 14.7 Å². The standard InChI is InChI=1S/C50H72N8O16/c59-38(29-55-19-21-56(30-43(62)63)23-25-58(32-45(66)67)26-24-57(22-20-55)31-44(64)65)15-11-33-8-13-36(14-9-33)46(68)52-41(28-34-10-12-35-5-1-2-6-37(35)27-34)47(69)51-18-4-3-7-39(48(70)71)53-50(74)54-40(49(72)73)16-17-42(60)61/h1-2,5-6,10,12,27,33,36,39-41H,3-4,7-9,11,13-26,28-32H2,(H,51,69)(H,52,68)(H,60,61)(H,62,63)(H,64,65)(H,66,67)(H,70,71)(H,72,73)(H2,53,54,74)/t33?,36?,39-,40-,41?/m0/s1. The fraction of sp³-hybridized carbons (Fsp3) is 0.600. The van der Waals surface area contributed by atoms with Gasteiger partial charge in [0.15, 0.2) is 0 Å². The van der Waals surface area contributed by atoms with Crippen molar-refractivity contribution in [1.82, 2.24) is 40.9 Å². The number of fused-ring (bicyclic) bond motifs is 1. The minimum absolute atomic E-state index is 0.0233. The van der Waals surface area contributed by atoms with E-state index in [1.807, 2.05) is 47.4 Å². The molecule has 0 aromatic heterocycles. The number of carbonyl (C=O) groups is 10. The van der Waals surface area contributed by atoms with Gasteiger partial charge in [-0.15, -0.1) is 0 Å². The third kappa shape index (κ3) is 22.6. The summed E-state index contributed by atoms with van der Waals surface area (Å²) < 4.78 is 0. The molecule has 3 atom stereocenters. The topological polar surface area (TPSA) is 353 Å². The van der Waals surface area contributed by atoms with Crippen molar-refractivity contribution < 1.29 is 78.6 Å². The van der Waals surface area contributed by atoms with E-state index in [9.17, 15) is 73.5 Å². The van der Waals surface area contributed by atoms with Gasteiger partial charge >= 0.3 is 41.8 Å². The summed E-state index contributed by atoms with van der Waals surface area (Å²) in [6.07, 6.45) is 3.02. The Bertz CT molecular complexity index is 2230. The van der Waals surface area contributed by atoms with E-state index in [-0.39, 0.29) is 108 Å². The molecule has 1 heterocycles. The molecule has 1 aliphatic carbocycles. The number of carboxylic acids is 6. The van der Waals surface area contributed by atoms with Crippen molar-refractivity contribution in [1.29, 1.82) is 0 Å². The van der Waals surface area contributed by atoms with Crippen molar-refractivity contribution in [3.63, 3.8) is 0 Å². The van der Waals surface area contributed by atoms with E-state index in [2.05, 4.69) is 21.3 Å². The number of hydrogen-bond donors (Lipinski definition) is 10. The van der Waals surface area contributed by atoms with Gasteiger partial charge in [-0.05, 0) is 80.0 Å². The van der Waals surface area contributed by atoms with Crippen LogP contribution in [0, 0.1) is 11.8 Å². The van der Waals surface area contributed by atoms with E-state index in [0.717, 1.165) is 16.3 Å². The Morgan fingerprint density at radius 3 is 1.53 bits per heavy atom. The number of carbonyl (C=O) groups excluding carboxylic acids is 4. The number of carboxylic acid groups (broad SMARTS) is 6. The van der Waals surface area contributed by atoms with Crippen LogP contribution in [0.15, 0.2) is 42.5 Å². The Morgan fingerprint density at radius 1 is 0.527 bits per heavy atom. The quantitative estimate of drug-likeness (QED) is 0.0528. The first kappa shape index (κ1) is 59.8. The molecular weight excluding hydrogens is 969 g/mol. The molecule has 2 fully saturated rings. The van der Waals surface area contributed by atoms with Crippen LogP contribution < -0.4 is 21.3 Å². The monoisotopic (exact) mass is 1040 g/mol. The Balaban J connectivity index is 1.30. The van der Waals surface area contributed by atoms with Crippen LogP contribution in [-0.2, 0) is 49.6 Å². The van der Waals surface area contributed by atoms with Gasteiger partial charge in [0.1, 0.15) is 23.9 Å². The van der Waals surface area contributed by atoms with Crippen molar-refractivity contribution in [2.24, 2.45) is 11.8 Å². The lowest BCUT2D eigenvalue weighted by atomic mass is 9.79. The van der Waals surface area contributed by atoms with Gasteiger partial charge in [0, 0.05) is 84.1 Å². The van der Waals surface area contributed by atoms with Crippen LogP contribution >= 0.6 is 0 Å². The first-order chi connectivity index (χ1) is 35.2. The fourth-order valence-electron chi connectivity index (χ4n) is 9.24. The highest BCUT2D eigenvalue weighted by atomic mass is 16.4. The molecule has 2 aromatic carbocycles. The Kier molecular flexibility index (Phi) is 25.1. The molecule has 0 radical (unpaired) electrons. The van der Waals surface area contributed by atoms with Crippen LogP contribution in [0.25, 0.3) is 10.8 Å². The first-order valence-electron chi connectivity index (χ1n) is 25.1. The van der Waals surface area contributed by atoms with Gasteiger partial charge in [-0.25, -0.2) is 14.4 Å². The summed E-state index contributed by atoms with van der Waals surface area (Å²) >= 11 is 0. The second kappa shape index (κ2) is 31.1. The molecule has 2 aromatic rings. The minimum Gasteiger partial charge on any atom is -0.481 e. The van der Waals surface area contributed by atoms with E-state index in [4.69, 9.17) is 5.11 Å². The lowest BCUT2D eigenvalue weighted by Gasteiger charge is -2.33. The van der Waals surface area contributed by atoms with Crippen LogP contribution in [0.5, 0.6) is 0 Å². The molecule has 24 heteroatoms. The van der Waals surface area contributed by atoms with Gasteiger partial charge in [-0.1, -0.05) is 42.5 Å².